The Hall–Kier alpha value is -0.930. The molecule has 0 radical (unpaired) electrons. The molecule has 0 bridgehead atoms. The van der Waals surface area contributed by atoms with E-state index < -0.39 is 0 Å². The van der Waals surface area contributed by atoms with Gasteiger partial charge in [0.15, 0.2) is 0 Å². The molecule has 0 amide bonds. The van der Waals surface area contributed by atoms with E-state index in [-0.39, 0.29) is 12.0 Å². The van der Waals surface area contributed by atoms with E-state index in [4.69, 9.17) is 23.2 Å². The molecule has 0 N–H and O–H groups in total. The Kier molecular flexibility index (Phi) is 2.76. The van der Waals surface area contributed by atoms with Crippen LogP contribution < -0.4 is 4.90 Å². The summed E-state index contributed by atoms with van der Waals surface area (Å²) in [6.45, 7) is 0.656. The third-order valence-electron chi connectivity index (χ3n) is 2.26. The first-order chi connectivity index (χ1) is 7.11. The van der Waals surface area contributed by atoms with Crippen LogP contribution in [0.4, 0.5) is 5.69 Å². The topological polar surface area (TPSA) is 29.3 Å². The van der Waals surface area contributed by atoms with Crippen molar-refractivity contribution >= 4 is 34.9 Å². The van der Waals surface area contributed by atoms with Crippen molar-refractivity contribution < 1.29 is 9.53 Å². The number of hydrogen-bond acceptors (Lipinski definition) is 3. The number of benzene rings is 1. The van der Waals surface area contributed by atoms with Crippen molar-refractivity contribution in [2.24, 2.45) is 0 Å². The summed E-state index contributed by atoms with van der Waals surface area (Å²) in [5.41, 5.74) is 0.850. The second-order valence-corrected chi connectivity index (χ2v) is 4.19. The predicted octanol–water partition coefficient (Wildman–Crippen LogP) is 2.36. The van der Waals surface area contributed by atoms with Crippen LogP contribution in [0, 0.1) is 0 Å². The van der Waals surface area contributed by atoms with Crippen LogP contribution in [0.25, 0.3) is 0 Å². The van der Waals surface area contributed by atoms with Crippen molar-refractivity contribution in [2.75, 3.05) is 18.6 Å². The fourth-order valence-electron chi connectivity index (χ4n) is 1.47. The fourth-order valence-corrected chi connectivity index (χ4v) is 1.98. The number of carbonyl (C=O) groups is 1. The van der Waals surface area contributed by atoms with Gasteiger partial charge >= 0.3 is 5.97 Å². The molecule has 1 unspecified atom stereocenters. The number of methoxy groups -OCH3 is 1. The number of ether oxygens (including phenoxy) is 1. The largest absolute Gasteiger partial charge is 0.467 e. The van der Waals surface area contributed by atoms with Crippen molar-refractivity contribution in [3.8, 4) is 0 Å². The van der Waals surface area contributed by atoms with E-state index in [1.165, 1.54) is 7.11 Å². The van der Waals surface area contributed by atoms with Gasteiger partial charge < -0.3 is 9.64 Å². The summed E-state index contributed by atoms with van der Waals surface area (Å²) in [5, 5.41) is 1.13. The maximum absolute atomic E-state index is 11.2. The first kappa shape index (κ1) is 10.6. The zero-order valence-electron chi connectivity index (χ0n) is 8.04. The van der Waals surface area contributed by atoms with Gasteiger partial charge in [-0.25, -0.2) is 4.79 Å². The number of carbonyl (C=O) groups excluding carboxylic acids is 1. The normalized spacial score (nSPS) is 18.9. The van der Waals surface area contributed by atoms with Crippen LogP contribution in [0.2, 0.25) is 10.0 Å². The van der Waals surface area contributed by atoms with Crippen LogP contribution in [0.1, 0.15) is 0 Å². The summed E-state index contributed by atoms with van der Waals surface area (Å²) in [7, 11) is 1.38. The number of rotatable bonds is 2. The van der Waals surface area contributed by atoms with E-state index in [1.54, 1.807) is 18.2 Å². The number of hydrogen-bond donors (Lipinski definition) is 0. The van der Waals surface area contributed by atoms with E-state index in [9.17, 15) is 4.79 Å². The minimum Gasteiger partial charge on any atom is -0.467 e. The summed E-state index contributed by atoms with van der Waals surface area (Å²) in [4.78, 5) is 13.1. The summed E-state index contributed by atoms with van der Waals surface area (Å²) in [6, 6.07) is 5.01. The molecule has 5 heteroatoms. The summed E-state index contributed by atoms with van der Waals surface area (Å²) in [6.07, 6.45) is 0. The molecule has 15 heavy (non-hydrogen) atoms. The molecule has 80 valence electrons. The molecule has 3 nitrogen and oxygen atoms in total. The van der Waals surface area contributed by atoms with Gasteiger partial charge in [-0.2, -0.15) is 0 Å². The first-order valence-corrected chi connectivity index (χ1v) is 5.18. The molecular weight excluding hydrogens is 237 g/mol. The highest BCUT2D eigenvalue weighted by Crippen LogP contribution is 2.32. The van der Waals surface area contributed by atoms with E-state index in [1.807, 2.05) is 4.90 Å². The van der Waals surface area contributed by atoms with Gasteiger partial charge in [-0.05, 0) is 18.2 Å². The molecule has 1 aliphatic rings. The molecule has 0 spiro atoms. The van der Waals surface area contributed by atoms with Crippen molar-refractivity contribution in [1.29, 1.82) is 0 Å². The third-order valence-corrected chi connectivity index (χ3v) is 2.70. The number of esters is 1. The molecule has 1 aromatic rings. The quantitative estimate of drug-likeness (QED) is 0.592. The van der Waals surface area contributed by atoms with Crippen molar-refractivity contribution in [1.82, 2.24) is 0 Å². The van der Waals surface area contributed by atoms with Crippen LogP contribution in [-0.2, 0) is 9.53 Å². The highest BCUT2D eigenvalue weighted by atomic mass is 35.5. The minimum absolute atomic E-state index is 0.190. The van der Waals surface area contributed by atoms with Gasteiger partial charge in [0.05, 0.1) is 13.7 Å². The fraction of sp³-hybridized carbons (Fsp3) is 0.300. The molecule has 0 aromatic heterocycles. The predicted molar refractivity (Wildman–Crippen MR) is 59.6 cm³/mol. The lowest BCUT2D eigenvalue weighted by Crippen LogP contribution is -2.13. The van der Waals surface area contributed by atoms with Gasteiger partial charge in [0, 0.05) is 15.7 Å². The number of anilines is 1. The van der Waals surface area contributed by atoms with Crippen LogP contribution in [-0.4, -0.2) is 25.7 Å². The van der Waals surface area contributed by atoms with Gasteiger partial charge in [-0.3, -0.25) is 0 Å². The first-order valence-electron chi connectivity index (χ1n) is 4.42. The Morgan fingerprint density at radius 3 is 2.53 bits per heavy atom. The summed E-state index contributed by atoms with van der Waals surface area (Å²) >= 11 is 11.7. The Labute approximate surface area is 97.5 Å². The monoisotopic (exact) mass is 245 g/mol. The molecule has 1 aliphatic heterocycles. The van der Waals surface area contributed by atoms with Gasteiger partial charge in [-0.1, -0.05) is 23.2 Å². The molecule has 1 atom stereocenters. The second kappa shape index (κ2) is 3.91. The van der Waals surface area contributed by atoms with Gasteiger partial charge in [0.25, 0.3) is 0 Å². The van der Waals surface area contributed by atoms with Gasteiger partial charge in [0.2, 0.25) is 0 Å². The standard InChI is InChI=1S/C10H9Cl2NO2/c1-15-10(14)9-5-13(9)8-3-6(11)2-7(12)4-8/h2-4,9H,5H2,1H3. The zero-order chi connectivity index (χ0) is 11.0. The average molecular weight is 246 g/mol. The molecule has 1 saturated heterocycles. The molecule has 1 heterocycles. The van der Waals surface area contributed by atoms with E-state index in [2.05, 4.69) is 4.74 Å². The minimum atomic E-state index is -0.230. The maximum atomic E-state index is 11.2. The lowest BCUT2D eigenvalue weighted by Gasteiger charge is -2.05. The summed E-state index contributed by atoms with van der Waals surface area (Å²) in [5.74, 6) is -0.230. The molecule has 1 aromatic carbocycles. The molecule has 0 aliphatic carbocycles. The van der Waals surface area contributed by atoms with Gasteiger partial charge in [0.1, 0.15) is 6.04 Å². The van der Waals surface area contributed by atoms with Crippen molar-refractivity contribution in [3.05, 3.63) is 28.2 Å². The zero-order valence-corrected chi connectivity index (χ0v) is 9.55. The smallest absolute Gasteiger partial charge is 0.330 e. The van der Waals surface area contributed by atoms with Crippen LogP contribution in [0.5, 0.6) is 0 Å². The highest BCUT2D eigenvalue weighted by molar-refractivity contribution is 6.35. The van der Waals surface area contributed by atoms with Crippen molar-refractivity contribution in [2.45, 2.75) is 6.04 Å². The van der Waals surface area contributed by atoms with Crippen LogP contribution >= 0.6 is 23.2 Å². The Bertz CT molecular complexity index is 388. The van der Waals surface area contributed by atoms with Crippen molar-refractivity contribution in [3.63, 3.8) is 0 Å². The summed E-state index contributed by atoms with van der Waals surface area (Å²) < 4.78 is 4.64. The lowest BCUT2D eigenvalue weighted by molar-refractivity contribution is -0.139. The van der Waals surface area contributed by atoms with Gasteiger partial charge in [-0.15, -0.1) is 0 Å². The Morgan fingerprint density at radius 2 is 2.00 bits per heavy atom. The molecule has 2 rings (SSSR count). The second-order valence-electron chi connectivity index (χ2n) is 3.32. The Balaban J connectivity index is 2.16. The lowest BCUT2D eigenvalue weighted by atomic mass is 10.3. The van der Waals surface area contributed by atoms with Crippen LogP contribution in [0.15, 0.2) is 18.2 Å². The highest BCUT2D eigenvalue weighted by Gasteiger charge is 2.41. The molecule has 1 fully saturated rings. The maximum Gasteiger partial charge on any atom is 0.330 e. The number of halogens is 2. The molecular formula is C10H9Cl2NO2. The Morgan fingerprint density at radius 1 is 1.40 bits per heavy atom. The van der Waals surface area contributed by atoms with E-state index in [0.717, 1.165) is 5.69 Å². The number of nitrogens with zero attached hydrogens (tertiary/aromatic N) is 1. The molecule has 0 saturated carbocycles. The van der Waals surface area contributed by atoms with E-state index >= 15 is 0 Å². The van der Waals surface area contributed by atoms with E-state index in [0.29, 0.717) is 16.6 Å². The van der Waals surface area contributed by atoms with Crippen LogP contribution in [0.3, 0.4) is 0 Å². The average Bonchev–Trinajstić information content (AvgIpc) is 2.94. The SMILES string of the molecule is COC(=O)C1CN1c1cc(Cl)cc(Cl)c1. The third kappa shape index (κ3) is 2.19.